The van der Waals surface area contributed by atoms with Crippen molar-refractivity contribution in [2.45, 2.75) is 25.8 Å². The summed E-state index contributed by atoms with van der Waals surface area (Å²) in [6.07, 6.45) is 5.87. The zero-order valence-corrected chi connectivity index (χ0v) is 14.1. The Labute approximate surface area is 144 Å². The topological polar surface area (TPSA) is 16.1 Å². The minimum atomic E-state index is 0.832. The fourth-order valence-electron chi connectivity index (χ4n) is 3.76. The highest BCUT2D eigenvalue weighted by molar-refractivity contribution is 5.78. The van der Waals surface area contributed by atoms with Crippen LogP contribution in [0.3, 0.4) is 0 Å². The van der Waals surface area contributed by atoms with Gasteiger partial charge in [0.2, 0.25) is 0 Å². The Morgan fingerprint density at radius 3 is 2.46 bits per heavy atom. The van der Waals surface area contributed by atoms with Crippen molar-refractivity contribution in [1.82, 2.24) is 9.88 Å². The largest absolute Gasteiger partial charge is 0.299 e. The van der Waals surface area contributed by atoms with E-state index in [0.717, 1.165) is 18.0 Å². The molecule has 0 saturated carbocycles. The van der Waals surface area contributed by atoms with Gasteiger partial charge < -0.3 is 0 Å². The number of hydrogen-bond acceptors (Lipinski definition) is 2. The summed E-state index contributed by atoms with van der Waals surface area (Å²) < 4.78 is 0. The standard InChI is InChI=1S/C22H24N2/c1-2-6-18(7-3-1)14-19-10-12-24(13-11-19)17-20-15-21-8-4-5-9-22(21)23-16-20/h1-9,15-16,19H,10-14,17H2. The highest BCUT2D eigenvalue weighted by atomic mass is 15.1. The first-order chi connectivity index (χ1) is 11.9. The summed E-state index contributed by atoms with van der Waals surface area (Å²) in [6.45, 7) is 3.42. The second kappa shape index (κ2) is 7.14. The van der Waals surface area contributed by atoms with Crippen LogP contribution in [0, 0.1) is 5.92 Å². The molecule has 3 aromatic rings. The van der Waals surface area contributed by atoms with Crippen molar-refractivity contribution in [3.05, 3.63) is 78.0 Å². The van der Waals surface area contributed by atoms with E-state index in [1.54, 1.807) is 0 Å². The maximum atomic E-state index is 4.59. The summed E-state index contributed by atoms with van der Waals surface area (Å²) in [5, 5.41) is 1.24. The molecule has 1 aliphatic heterocycles. The predicted molar refractivity (Wildman–Crippen MR) is 99.9 cm³/mol. The number of benzene rings is 2. The third kappa shape index (κ3) is 3.65. The number of pyridine rings is 1. The Morgan fingerprint density at radius 2 is 1.62 bits per heavy atom. The van der Waals surface area contributed by atoms with Crippen LogP contribution in [-0.2, 0) is 13.0 Å². The molecular weight excluding hydrogens is 292 g/mol. The van der Waals surface area contributed by atoms with Crippen LogP contribution in [0.2, 0.25) is 0 Å². The lowest BCUT2D eigenvalue weighted by molar-refractivity contribution is 0.177. The van der Waals surface area contributed by atoms with Gasteiger partial charge in [-0.05, 0) is 61.5 Å². The average molecular weight is 316 g/mol. The third-order valence-electron chi connectivity index (χ3n) is 5.13. The molecule has 2 heterocycles. The van der Waals surface area contributed by atoms with Gasteiger partial charge in [0.25, 0.3) is 0 Å². The molecule has 0 spiro atoms. The highest BCUT2D eigenvalue weighted by Crippen LogP contribution is 2.23. The Balaban J connectivity index is 1.34. The van der Waals surface area contributed by atoms with Gasteiger partial charge in [0.15, 0.2) is 0 Å². The first-order valence-electron chi connectivity index (χ1n) is 8.97. The molecule has 0 radical (unpaired) electrons. The number of aromatic nitrogens is 1. The zero-order chi connectivity index (χ0) is 16.2. The van der Waals surface area contributed by atoms with E-state index in [4.69, 9.17) is 0 Å². The second-order valence-electron chi connectivity index (χ2n) is 6.95. The van der Waals surface area contributed by atoms with E-state index in [2.05, 4.69) is 64.5 Å². The first kappa shape index (κ1) is 15.3. The van der Waals surface area contributed by atoms with Gasteiger partial charge in [-0.1, -0.05) is 48.5 Å². The monoisotopic (exact) mass is 316 g/mol. The lowest BCUT2D eigenvalue weighted by Crippen LogP contribution is -2.33. The molecule has 0 atom stereocenters. The van der Waals surface area contributed by atoms with Gasteiger partial charge in [-0.15, -0.1) is 0 Å². The smallest absolute Gasteiger partial charge is 0.0702 e. The van der Waals surface area contributed by atoms with E-state index in [1.165, 1.54) is 48.9 Å². The van der Waals surface area contributed by atoms with Gasteiger partial charge in [-0.2, -0.15) is 0 Å². The number of rotatable bonds is 4. The van der Waals surface area contributed by atoms with E-state index in [9.17, 15) is 0 Å². The van der Waals surface area contributed by atoms with E-state index < -0.39 is 0 Å². The normalized spacial score (nSPS) is 16.5. The quantitative estimate of drug-likeness (QED) is 0.694. The first-order valence-corrected chi connectivity index (χ1v) is 8.97. The van der Waals surface area contributed by atoms with Gasteiger partial charge in [-0.3, -0.25) is 9.88 Å². The minimum absolute atomic E-state index is 0.832. The van der Waals surface area contributed by atoms with Gasteiger partial charge in [0.1, 0.15) is 0 Å². The van der Waals surface area contributed by atoms with E-state index >= 15 is 0 Å². The molecule has 2 heteroatoms. The Hall–Kier alpha value is -2.19. The SMILES string of the molecule is c1ccc(CC2CCN(Cc3cnc4ccccc4c3)CC2)cc1. The van der Waals surface area contributed by atoms with E-state index in [0.29, 0.717) is 0 Å². The van der Waals surface area contributed by atoms with Crippen LogP contribution in [0.1, 0.15) is 24.0 Å². The fourth-order valence-corrected chi connectivity index (χ4v) is 3.76. The second-order valence-corrected chi connectivity index (χ2v) is 6.95. The predicted octanol–water partition coefficient (Wildman–Crippen LogP) is 4.69. The maximum absolute atomic E-state index is 4.59. The molecule has 0 aliphatic carbocycles. The summed E-state index contributed by atoms with van der Waals surface area (Å²) >= 11 is 0. The summed E-state index contributed by atoms with van der Waals surface area (Å²) in [5.74, 6) is 0.832. The van der Waals surface area contributed by atoms with Gasteiger partial charge in [-0.25, -0.2) is 0 Å². The van der Waals surface area contributed by atoms with E-state index in [1.807, 2.05) is 12.3 Å². The van der Waals surface area contributed by atoms with Crippen LogP contribution in [0.4, 0.5) is 0 Å². The van der Waals surface area contributed by atoms with Gasteiger partial charge in [0.05, 0.1) is 5.52 Å². The molecule has 0 N–H and O–H groups in total. The average Bonchev–Trinajstić information content (AvgIpc) is 2.64. The zero-order valence-electron chi connectivity index (χ0n) is 14.1. The fraction of sp³-hybridized carbons (Fsp3) is 0.318. The molecule has 1 fully saturated rings. The van der Waals surface area contributed by atoms with E-state index in [-0.39, 0.29) is 0 Å². The Bertz CT molecular complexity index is 789. The van der Waals surface area contributed by atoms with Crippen molar-refractivity contribution < 1.29 is 0 Å². The molecule has 0 unspecified atom stereocenters. The lowest BCUT2D eigenvalue weighted by Gasteiger charge is -2.32. The maximum Gasteiger partial charge on any atom is 0.0702 e. The van der Waals surface area contributed by atoms with Crippen molar-refractivity contribution in [2.75, 3.05) is 13.1 Å². The number of nitrogens with zero attached hydrogens (tertiary/aromatic N) is 2. The molecule has 122 valence electrons. The molecule has 2 aromatic carbocycles. The van der Waals surface area contributed by atoms with Crippen LogP contribution >= 0.6 is 0 Å². The molecule has 4 rings (SSSR count). The minimum Gasteiger partial charge on any atom is -0.299 e. The third-order valence-corrected chi connectivity index (χ3v) is 5.13. The molecule has 1 aliphatic rings. The summed E-state index contributed by atoms with van der Waals surface area (Å²) in [7, 11) is 0. The number of likely N-dealkylation sites (tertiary alicyclic amines) is 1. The molecule has 1 saturated heterocycles. The molecule has 0 amide bonds. The van der Waals surface area contributed by atoms with Crippen LogP contribution in [0.25, 0.3) is 10.9 Å². The summed E-state index contributed by atoms with van der Waals surface area (Å²) in [6, 6.07) is 21.6. The van der Waals surface area contributed by atoms with Crippen LogP contribution in [0.5, 0.6) is 0 Å². The van der Waals surface area contributed by atoms with Gasteiger partial charge in [0, 0.05) is 18.1 Å². The molecule has 24 heavy (non-hydrogen) atoms. The molecule has 1 aromatic heterocycles. The summed E-state index contributed by atoms with van der Waals surface area (Å²) in [4.78, 5) is 7.17. The highest BCUT2D eigenvalue weighted by Gasteiger charge is 2.19. The number of para-hydroxylation sites is 1. The number of hydrogen-bond donors (Lipinski definition) is 0. The number of piperidine rings is 1. The van der Waals surface area contributed by atoms with Crippen molar-refractivity contribution >= 4 is 10.9 Å². The molecular formula is C22H24N2. The number of fused-ring (bicyclic) bond motifs is 1. The van der Waals surface area contributed by atoms with Crippen LogP contribution in [0.15, 0.2) is 66.9 Å². The Kier molecular flexibility index (Phi) is 4.57. The van der Waals surface area contributed by atoms with Crippen molar-refractivity contribution in [1.29, 1.82) is 0 Å². The van der Waals surface area contributed by atoms with Crippen LogP contribution in [-0.4, -0.2) is 23.0 Å². The van der Waals surface area contributed by atoms with Crippen molar-refractivity contribution in [2.24, 2.45) is 5.92 Å². The Morgan fingerprint density at radius 1 is 0.875 bits per heavy atom. The van der Waals surface area contributed by atoms with Crippen molar-refractivity contribution in [3.8, 4) is 0 Å². The molecule has 0 bridgehead atoms. The lowest BCUT2D eigenvalue weighted by atomic mass is 9.90. The van der Waals surface area contributed by atoms with Crippen molar-refractivity contribution in [3.63, 3.8) is 0 Å². The van der Waals surface area contributed by atoms with Gasteiger partial charge >= 0.3 is 0 Å². The summed E-state index contributed by atoms with van der Waals surface area (Å²) in [5.41, 5.74) is 3.90. The molecule has 2 nitrogen and oxygen atoms in total. The van der Waals surface area contributed by atoms with Crippen LogP contribution < -0.4 is 0 Å².